The van der Waals surface area contributed by atoms with Gasteiger partial charge in [0.2, 0.25) is 0 Å². The second kappa shape index (κ2) is 12.4. The van der Waals surface area contributed by atoms with Crippen LogP contribution in [0.25, 0.3) is 39.5 Å². The van der Waals surface area contributed by atoms with E-state index in [2.05, 4.69) is 0 Å². The van der Waals surface area contributed by atoms with E-state index in [1.165, 1.54) is 18.2 Å². The van der Waals surface area contributed by atoms with Gasteiger partial charge in [-0.2, -0.15) is 0 Å². The number of hydrogen-bond acceptors (Lipinski definition) is 3. The molecule has 0 radical (unpaired) electrons. The largest absolute Gasteiger partial charge is 0.481 e. The summed E-state index contributed by atoms with van der Waals surface area (Å²) in [5.74, 6) is -1.52. The van der Waals surface area contributed by atoms with E-state index in [9.17, 15) is 19.4 Å². The van der Waals surface area contributed by atoms with Crippen molar-refractivity contribution in [2.75, 3.05) is 0 Å². The highest BCUT2D eigenvalue weighted by Gasteiger charge is 2.18. The molecule has 0 aliphatic heterocycles. The Morgan fingerprint density at radius 2 is 1.37 bits per heavy atom. The highest BCUT2D eigenvalue weighted by atomic mass is 35.5. The maximum Gasteiger partial charge on any atom is 0.305 e. The van der Waals surface area contributed by atoms with Crippen LogP contribution in [0.5, 0.6) is 0 Å². The molecule has 0 bridgehead atoms. The number of aliphatic hydroxyl groups is 2. The quantitative estimate of drug-likeness (QED) is 0.199. The highest BCUT2D eigenvalue weighted by molar-refractivity contribution is 6.34. The summed E-state index contributed by atoms with van der Waals surface area (Å²) in [5, 5.41) is 30.5. The molecular formula is C31H25Cl2FO4. The van der Waals surface area contributed by atoms with E-state index in [4.69, 9.17) is 28.3 Å². The van der Waals surface area contributed by atoms with Crippen LogP contribution in [0.4, 0.5) is 4.39 Å². The van der Waals surface area contributed by atoms with Gasteiger partial charge in [0, 0.05) is 27.6 Å². The van der Waals surface area contributed by atoms with Crippen LogP contribution in [0, 0.1) is 5.82 Å². The minimum atomic E-state index is -1.20. The van der Waals surface area contributed by atoms with Gasteiger partial charge < -0.3 is 15.3 Å². The van der Waals surface area contributed by atoms with Crippen molar-refractivity contribution < 1.29 is 24.5 Å². The minimum Gasteiger partial charge on any atom is -0.481 e. The van der Waals surface area contributed by atoms with E-state index in [1.807, 2.05) is 48.5 Å². The zero-order valence-corrected chi connectivity index (χ0v) is 21.7. The molecule has 0 spiro atoms. The Morgan fingerprint density at radius 1 is 0.789 bits per heavy atom. The third kappa shape index (κ3) is 6.69. The van der Waals surface area contributed by atoms with Gasteiger partial charge in [-0.1, -0.05) is 83.9 Å². The number of aliphatic hydroxyl groups excluding tert-OH is 2. The molecule has 2 unspecified atom stereocenters. The third-order valence-electron chi connectivity index (χ3n) is 6.09. The molecule has 0 heterocycles. The molecule has 38 heavy (non-hydrogen) atoms. The number of carboxylic acid groups (broad SMARTS) is 1. The Hall–Kier alpha value is -3.48. The summed E-state index contributed by atoms with van der Waals surface area (Å²) < 4.78 is 13.8. The van der Waals surface area contributed by atoms with Crippen LogP contribution in [0.1, 0.15) is 18.4 Å². The van der Waals surface area contributed by atoms with Crippen LogP contribution in [-0.4, -0.2) is 33.5 Å². The zero-order chi connectivity index (χ0) is 27.2. The molecule has 4 aromatic carbocycles. The van der Waals surface area contributed by atoms with Crippen LogP contribution >= 0.6 is 23.2 Å². The summed E-state index contributed by atoms with van der Waals surface area (Å²) in [6.07, 6.45) is 0.299. The van der Waals surface area contributed by atoms with Crippen LogP contribution in [0.15, 0.2) is 91.0 Å². The Bertz CT molecular complexity index is 1470. The lowest BCUT2D eigenvalue weighted by atomic mass is 9.87. The molecule has 0 saturated heterocycles. The van der Waals surface area contributed by atoms with Gasteiger partial charge in [0.1, 0.15) is 5.82 Å². The lowest BCUT2D eigenvalue weighted by molar-refractivity contribution is -0.139. The van der Waals surface area contributed by atoms with E-state index in [0.717, 1.165) is 33.4 Å². The topological polar surface area (TPSA) is 77.8 Å². The van der Waals surface area contributed by atoms with Gasteiger partial charge in [0.05, 0.1) is 18.6 Å². The first-order valence-electron chi connectivity index (χ1n) is 11.9. The Balaban J connectivity index is 1.93. The van der Waals surface area contributed by atoms with Crippen molar-refractivity contribution in [3.8, 4) is 33.4 Å². The molecule has 0 amide bonds. The summed E-state index contributed by atoms with van der Waals surface area (Å²) >= 11 is 13.2. The standard InChI is InChI=1S/C31H25Cl2FO4/c32-29-7-3-1-5-24(29)20-15-27(19-9-11-21(34)12-10-19)25(14-13-22(35)17-23(36)18-31(37)38)28(16-20)26-6-2-4-8-30(26)33/h1-16,22-23,35-36H,17-18H2,(H,37,38)/b14-13+. The van der Waals surface area contributed by atoms with Gasteiger partial charge >= 0.3 is 5.97 Å². The normalized spacial score (nSPS) is 13.0. The van der Waals surface area contributed by atoms with Gasteiger partial charge in [0.15, 0.2) is 0 Å². The zero-order valence-electron chi connectivity index (χ0n) is 20.2. The first-order chi connectivity index (χ1) is 18.2. The van der Waals surface area contributed by atoms with Gasteiger partial charge in [-0.15, -0.1) is 0 Å². The molecule has 194 valence electrons. The van der Waals surface area contributed by atoms with Crippen molar-refractivity contribution in [3.63, 3.8) is 0 Å². The lowest BCUT2D eigenvalue weighted by Gasteiger charge is -2.18. The van der Waals surface area contributed by atoms with E-state index >= 15 is 0 Å². The lowest BCUT2D eigenvalue weighted by Crippen LogP contribution is -2.19. The first kappa shape index (κ1) is 27.6. The first-order valence-corrected chi connectivity index (χ1v) is 12.7. The monoisotopic (exact) mass is 550 g/mol. The Morgan fingerprint density at radius 3 is 1.97 bits per heavy atom. The smallest absolute Gasteiger partial charge is 0.305 e. The average molecular weight is 551 g/mol. The molecule has 0 aromatic heterocycles. The predicted molar refractivity (Wildman–Crippen MR) is 151 cm³/mol. The van der Waals surface area contributed by atoms with Gasteiger partial charge in [-0.3, -0.25) is 4.79 Å². The number of halogens is 3. The van der Waals surface area contributed by atoms with Gasteiger partial charge in [-0.25, -0.2) is 4.39 Å². The third-order valence-corrected chi connectivity index (χ3v) is 6.75. The van der Waals surface area contributed by atoms with Crippen molar-refractivity contribution in [2.45, 2.75) is 25.0 Å². The van der Waals surface area contributed by atoms with Gasteiger partial charge in [0.25, 0.3) is 0 Å². The molecule has 7 heteroatoms. The summed E-state index contributed by atoms with van der Waals surface area (Å²) in [6.45, 7) is 0. The van der Waals surface area contributed by atoms with Crippen molar-refractivity contribution in [1.29, 1.82) is 0 Å². The molecular weight excluding hydrogens is 526 g/mol. The predicted octanol–water partition coefficient (Wildman–Crippen LogP) is 7.73. The van der Waals surface area contributed by atoms with E-state index < -0.39 is 24.6 Å². The number of aliphatic carboxylic acids is 1. The second-order valence-corrected chi connectivity index (χ2v) is 9.68. The van der Waals surface area contributed by atoms with Crippen molar-refractivity contribution in [1.82, 2.24) is 0 Å². The van der Waals surface area contributed by atoms with Crippen LogP contribution < -0.4 is 0 Å². The van der Waals surface area contributed by atoms with Crippen LogP contribution in [-0.2, 0) is 4.79 Å². The van der Waals surface area contributed by atoms with Crippen molar-refractivity contribution >= 4 is 35.2 Å². The molecule has 3 N–H and O–H groups in total. The summed E-state index contributed by atoms with van der Waals surface area (Å²) in [7, 11) is 0. The fourth-order valence-electron chi connectivity index (χ4n) is 4.30. The van der Waals surface area contributed by atoms with Crippen molar-refractivity contribution in [3.05, 3.63) is 112 Å². The summed E-state index contributed by atoms with van der Waals surface area (Å²) in [5.41, 5.74) is 5.29. The maximum atomic E-state index is 13.8. The SMILES string of the molecule is O=C(O)CC(O)CC(O)/C=C/c1c(-c2ccc(F)cc2)cc(-c2ccccc2Cl)cc1-c1ccccc1Cl. The van der Waals surface area contributed by atoms with Crippen molar-refractivity contribution in [2.24, 2.45) is 0 Å². The van der Waals surface area contributed by atoms with Gasteiger partial charge in [-0.05, 0) is 64.2 Å². The van der Waals surface area contributed by atoms with Crippen LogP contribution in [0.3, 0.4) is 0 Å². The van der Waals surface area contributed by atoms with Crippen LogP contribution in [0.2, 0.25) is 10.0 Å². The molecule has 2 atom stereocenters. The molecule has 0 saturated carbocycles. The fourth-order valence-corrected chi connectivity index (χ4v) is 4.79. The second-order valence-electron chi connectivity index (χ2n) is 8.87. The number of carboxylic acids is 1. The highest BCUT2D eigenvalue weighted by Crippen LogP contribution is 2.41. The molecule has 4 rings (SSSR count). The fraction of sp³-hybridized carbons (Fsp3) is 0.129. The number of benzene rings is 4. The minimum absolute atomic E-state index is 0.145. The number of hydrogen-bond donors (Lipinski definition) is 3. The molecule has 4 aromatic rings. The number of carbonyl (C=O) groups is 1. The molecule has 0 aliphatic rings. The maximum absolute atomic E-state index is 13.8. The van der Waals surface area contributed by atoms with E-state index in [-0.39, 0.29) is 12.2 Å². The Labute approximate surface area is 230 Å². The Kier molecular flexibility index (Phi) is 8.97. The number of rotatable bonds is 9. The molecule has 0 aliphatic carbocycles. The van der Waals surface area contributed by atoms with E-state index in [1.54, 1.807) is 30.3 Å². The van der Waals surface area contributed by atoms with E-state index in [0.29, 0.717) is 15.6 Å². The summed E-state index contributed by atoms with van der Waals surface area (Å²) in [4.78, 5) is 10.9. The molecule has 0 fully saturated rings. The molecule has 4 nitrogen and oxygen atoms in total. The average Bonchev–Trinajstić information content (AvgIpc) is 2.88. The summed E-state index contributed by atoms with van der Waals surface area (Å²) in [6, 6.07) is 24.8.